The van der Waals surface area contributed by atoms with Gasteiger partial charge in [-0.15, -0.1) is 0 Å². The number of rotatable bonds is 8. The van der Waals surface area contributed by atoms with Crippen LogP contribution in [0, 0.1) is 0 Å². The zero-order chi connectivity index (χ0) is 23.4. The Hall–Kier alpha value is -3.48. The van der Waals surface area contributed by atoms with Crippen LogP contribution in [0.2, 0.25) is 0 Å². The molecule has 0 aromatic heterocycles. The molecule has 0 aliphatic carbocycles. The van der Waals surface area contributed by atoms with Gasteiger partial charge in [0.1, 0.15) is 23.7 Å². The molecular weight excluding hydrogens is 445 g/mol. The van der Waals surface area contributed by atoms with Gasteiger partial charge in [0.2, 0.25) is 0 Å². The summed E-state index contributed by atoms with van der Waals surface area (Å²) in [5.41, 5.74) is -0.998. The van der Waals surface area contributed by atoms with Crippen molar-refractivity contribution in [1.29, 1.82) is 0 Å². The average Bonchev–Trinajstić information content (AvgIpc) is 2.71. The fourth-order valence-electron chi connectivity index (χ4n) is 2.40. The Morgan fingerprint density at radius 2 is 1.68 bits per heavy atom. The molecule has 3 N–H and O–H groups in total. The molecule has 0 atom stereocenters. The van der Waals surface area contributed by atoms with Crippen LogP contribution in [-0.2, 0) is 10.0 Å². The predicted molar refractivity (Wildman–Crippen MR) is 102 cm³/mol. The Bertz CT molecular complexity index is 1080. The van der Waals surface area contributed by atoms with E-state index in [1.54, 1.807) is 5.32 Å². The Balaban J connectivity index is 2.33. The first-order chi connectivity index (χ1) is 14.4. The molecule has 2 aromatic carbocycles. The van der Waals surface area contributed by atoms with Crippen molar-refractivity contribution in [2.24, 2.45) is 0 Å². The van der Waals surface area contributed by atoms with Crippen LogP contribution in [0.5, 0.6) is 11.5 Å². The lowest BCUT2D eigenvalue weighted by molar-refractivity contribution is -0.123. The molecule has 0 fully saturated rings. The van der Waals surface area contributed by atoms with Gasteiger partial charge >= 0.3 is 12.1 Å². The number of carboxylic acids is 1. The van der Waals surface area contributed by atoms with E-state index in [0.717, 1.165) is 30.3 Å². The Kier molecular flexibility index (Phi) is 7.00. The molecule has 2 rings (SSSR count). The van der Waals surface area contributed by atoms with Crippen molar-refractivity contribution in [2.45, 2.75) is 11.1 Å². The van der Waals surface area contributed by atoms with Gasteiger partial charge in [0.25, 0.3) is 15.9 Å². The molecule has 9 nitrogen and oxygen atoms in total. The second-order valence-corrected chi connectivity index (χ2v) is 7.67. The van der Waals surface area contributed by atoms with Crippen LogP contribution in [0.25, 0.3) is 0 Å². The first-order valence-electron chi connectivity index (χ1n) is 8.35. The number of nitrogens with one attached hydrogen (secondary N) is 2. The molecule has 1 amide bonds. The lowest BCUT2D eigenvalue weighted by Gasteiger charge is -2.16. The molecule has 0 bridgehead atoms. The number of carbonyl (C=O) groups excluding carboxylic acids is 1. The number of methoxy groups -OCH3 is 2. The smallest absolute Gasteiger partial charge is 0.405 e. The number of halogens is 3. The summed E-state index contributed by atoms with van der Waals surface area (Å²) in [7, 11) is -1.86. The number of carboxylic acid groups (broad SMARTS) is 1. The van der Waals surface area contributed by atoms with E-state index < -0.39 is 40.2 Å². The second-order valence-electron chi connectivity index (χ2n) is 5.99. The van der Waals surface area contributed by atoms with Crippen LogP contribution in [0.4, 0.5) is 18.9 Å². The topological polar surface area (TPSA) is 131 Å². The molecule has 13 heteroatoms. The SMILES string of the molecule is COc1cc(OC)c(NS(=O)(=O)c2ccc(C(=O)NCC(F)(F)F)cc2)c(C(=O)O)c1. The molecule has 2 aromatic rings. The molecule has 0 heterocycles. The van der Waals surface area contributed by atoms with Crippen LogP contribution in [0.15, 0.2) is 41.3 Å². The van der Waals surface area contributed by atoms with Crippen LogP contribution in [-0.4, -0.2) is 52.3 Å². The van der Waals surface area contributed by atoms with Crippen LogP contribution >= 0.6 is 0 Å². The van der Waals surface area contributed by atoms with Crippen molar-refractivity contribution in [3.8, 4) is 11.5 Å². The maximum atomic E-state index is 12.7. The number of hydrogen-bond donors (Lipinski definition) is 3. The fraction of sp³-hybridized carbons (Fsp3) is 0.222. The van der Waals surface area contributed by atoms with Gasteiger partial charge in [-0.05, 0) is 30.3 Å². The number of carbonyl (C=O) groups is 2. The summed E-state index contributed by atoms with van der Waals surface area (Å²) < 4.78 is 74.1. The number of alkyl halides is 3. The maximum absolute atomic E-state index is 12.7. The molecule has 0 aliphatic rings. The van der Waals surface area contributed by atoms with Gasteiger partial charge in [0, 0.05) is 11.6 Å². The van der Waals surface area contributed by atoms with Crippen molar-refractivity contribution in [3.05, 3.63) is 47.5 Å². The molecule has 168 valence electrons. The maximum Gasteiger partial charge on any atom is 0.405 e. The van der Waals surface area contributed by atoms with E-state index in [0.29, 0.717) is 0 Å². The average molecular weight is 462 g/mol. The lowest BCUT2D eigenvalue weighted by atomic mass is 10.1. The molecule has 0 unspecified atom stereocenters. The number of anilines is 1. The number of benzene rings is 2. The number of aromatic carboxylic acids is 1. The molecule has 0 radical (unpaired) electrons. The summed E-state index contributed by atoms with van der Waals surface area (Å²) >= 11 is 0. The molecule has 0 saturated carbocycles. The third-order valence-corrected chi connectivity index (χ3v) is 5.24. The minimum Gasteiger partial charge on any atom is -0.497 e. The van der Waals surface area contributed by atoms with E-state index in [1.165, 1.54) is 20.3 Å². The summed E-state index contributed by atoms with van der Waals surface area (Å²) in [6, 6.07) is 6.38. The van der Waals surface area contributed by atoms with Gasteiger partial charge in [-0.25, -0.2) is 13.2 Å². The monoisotopic (exact) mass is 462 g/mol. The van der Waals surface area contributed by atoms with E-state index in [9.17, 15) is 36.3 Å². The van der Waals surface area contributed by atoms with Crippen LogP contribution < -0.4 is 19.5 Å². The van der Waals surface area contributed by atoms with Crippen molar-refractivity contribution in [2.75, 3.05) is 25.5 Å². The van der Waals surface area contributed by atoms with Crippen molar-refractivity contribution in [1.82, 2.24) is 5.32 Å². The largest absolute Gasteiger partial charge is 0.497 e. The van der Waals surface area contributed by atoms with E-state index in [2.05, 4.69) is 4.72 Å². The fourth-order valence-corrected chi connectivity index (χ4v) is 3.50. The Morgan fingerprint density at radius 1 is 1.06 bits per heavy atom. The molecular formula is C18H17F3N2O7S. The van der Waals surface area contributed by atoms with Gasteiger partial charge in [0.15, 0.2) is 0 Å². The van der Waals surface area contributed by atoms with Crippen molar-refractivity contribution in [3.63, 3.8) is 0 Å². The van der Waals surface area contributed by atoms with E-state index in [4.69, 9.17) is 9.47 Å². The van der Waals surface area contributed by atoms with Gasteiger partial charge in [-0.1, -0.05) is 0 Å². The lowest BCUT2D eigenvalue weighted by Crippen LogP contribution is -2.33. The number of amides is 1. The zero-order valence-electron chi connectivity index (χ0n) is 16.1. The molecule has 0 aliphatic heterocycles. The molecule has 0 spiro atoms. The van der Waals surface area contributed by atoms with Crippen LogP contribution in [0.3, 0.4) is 0 Å². The summed E-state index contributed by atoms with van der Waals surface area (Å²) in [5.74, 6) is -2.50. The highest BCUT2D eigenvalue weighted by atomic mass is 32.2. The van der Waals surface area contributed by atoms with Crippen molar-refractivity contribution < 1.29 is 45.8 Å². The second kappa shape index (κ2) is 9.12. The van der Waals surface area contributed by atoms with Gasteiger partial charge in [-0.3, -0.25) is 9.52 Å². The number of sulfonamides is 1. The van der Waals surface area contributed by atoms with Gasteiger partial charge < -0.3 is 19.9 Å². The minimum atomic E-state index is -4.60. The highest BCUT2D eigenvalue weighted by molar-refractivity contribution is 7.92. The first kappa shape index (κ1) is 23.8. The van der Waals surface area contributed by atoms with Crippen LogP contribution in [0.1, 0.15) is 20.7 Å². The first-order valence-corrected chi connectivity index (χ1v) is 9.83. The minimum absolute atomic E-state index is 0.117. The third kappa shape index (κ3) is 6.01. The van der Waals surface area contributed by atoms with Gasteiger partial charge in [-0.2, -0.15) is 13.2 Å². The normalized spacial score (nSPS) is 11.5. The quantitative estimate of drug-likeness (QED) is 0.549. The van der Waals surface area contributed by atoms with E-state index in [1.807, 2.05) is 0 Å². The highest BCUT2D eigenvalue weighted by Gasteiger charge is 2.28. The summed E-state index contributed by atoms with van der Waals surface area (Å²) in [4.78, 5) is 22.9. The zero-order valence-corrected chi connectivity index (χ0v) is 16.9. The predicted octanol–water partition coefficient (Wildman–Crippen LogP) is 2.49. The standard InChI is InChI=1S/C18H17F3N2O7S/c1-29-11-7-13(17(25)26)15(14(8-11)30-2)23-31(27,28)12-5-3-10(4-6-12)16(24)22-9-18(19,20)21/h3-8,23H,9H2,1-2H3,(H,22,24)(H,25,26). The Morgan fingerprint density at radius 3 is 2.16 bits per heavy atom. The molecule has 31 heavy (non-hydrogen) atoms. The van der Waals surface area contributed by atoms with E-state index >= 15 is 0 Å². The van der Waals surface area contributed by atoms with Gasteiger partial charge in [0.05, 0.1) is 24.7 Å². The number of hydrogen-bond acceptors (Lipinski definition) is 6. The molecule has 0 saturated heterocycles. The highest BCUT2D eigenvalue weighted by Crippen LogP contribution is 2.35. The summed E-state index contributed by atoms with van der Waals surface area (Å²) in [6.45, 7) is -1.54. The number of ether oxygens (including phenoxy) is 2. The Labute approximate surface area is 174 Å². The van der Waals surface area contributed by atoms with E-state index in [-0.39, 0.29) is 27.6 Å². The third-order valence-electron chi connectivity index (χ3n) is 3.87. The summed E-state index contributed by atoms with van der Waals surface area (Å²) in [5, 5.41) is 11.1. The summed E-state index contributed by atoms with van der Waals surface area (Å²) in [6.07, 6.45) is -4.60. The van der Waals surface area contributed by atoms with Crippen molar-refractivity contribution >= 4 is 27.6 Å².